The molecule has 3 rings (SSSR count). The van der Waals surface area contributed by atoms with Gasteiger partial charge in [0.2, 0.25) is 0 Å². The first kappa shape index (κ1) is 14.9. The van der Waals surface area contributed by atoms with Crippen LogP contribution in [0.4, 0.5) is 0 Å². The molecule has 0 atom stereocenters. The molecule has 5 heteroatoms. The second kappa shape index (κ2) is 6.85. The van der Waals surface area contributed by atoms with E-state index < -0.39 is 0 Å². The van der Waals surface area contributed by atoms with Crippen LogP contribution in [-0.2, 0) is 6.54 Å². The molecular weight excluding hydrogens is 360 g/mol. The summed E-state index contributed by atoms with van der Waals surface area (Å²) in [6, 6.07) is 13.3. The van der Waals surface area contributed by atoms with Crippen LogP contribution in [0.2, 0.25) is 0 Å². The number of halogens is 1. The standard InChI is InChI=1S/C17H13BrN2OS/c18-15-6-2-1-5-14(15)17(21)20-10-12-4-3-8-19-16(12)13-7-9-22-11-13/h1-9,11H,10H2,(H,20,21). The number of benzene rings is 1. The SMILES string of the molecule is O=C(NCc1cccnc1-c1ccsc1)c1ccccc1Br. The van der Waals surface area contributed by atoms with Gasteiger partial charge in [-0.3, -0.25) is 9.78 Å². The average molecular weight is 373 g/mol. The molecule has 1 amide bonds. The molecule has 110 valence electrons. The lowest BCUT2D eigenvalue weighted by Gasteiger charge is -2.10. The van der Waals surface area contributed by atoms with E-state index in [1.807, 2.05) is 41.8 Å². The van der Waals surface area contributed by atoms with Gasteiger partial charge in [-0.15, -0.1) is 0 Å². The summed E-state index contributed by atoms with van der Waals surface area (Å²) < 4.78 is 0.789. The van der Waals surface area contributed by atoms with Gasteiger partial charge in [0, 0.05) is 28.2 Å². The topological polar surface area (TPSA) is 42.0 Å². The van der Waals surface area contributed by atoms with Gasteiger partial charge >= 0.3 is 0 Å². The zero-order chi connectivity index (χ0) is 15.4. The third-order valence-corrected chi connectivity index (χ3v) is 4.62. The molecule has 0 saturated heterocycles. The highest BCUT2D eigenvalue weighted by atomic mass is 79.9. The van der Waals surface area contributed by atoms with Gasteiger partial charge < -0.3 is 5.32 Å². The number of carbonyl (C=O) groups excluding carboxylic acids is 1. The minimum Gasteiger partial charge on any atom is -0.348 e. The summed E-state index contributed by atoms with van der Waals surface area (Å²) in [4.78, 5) is 16.7. The van der Waals surface area contributed by atoms with E-state index in [-0.39, 0.29) is 5.91 Å². The molecular formula is C17H13BrN2OS. The Kier molecular flexibility index (Phi) is 4.65. The summed E-state index contributed by atoms with van der Waals surface area (Å²) in [5.41, 5.74) is 3.62. The maximum Gasteiger partial charge on any atom is 0.252 e. The molecule has 0 fully saturated rings. The predicted molar refractivity (Wildman–Crippen MR) is 92.9 cm³/mol. The van der Waals surface area contributed by atoms with Crippen LogP contribution in [0.3, 0.4) is 0 Å². The number of nitrogens with zero attached hydrogens (tertiary/aromatic N) is 1. The van der Waals surface area contributed by atoms with Crippen LogP contribution in [0.25, 0.3) is 11.3 Å². The van der Waals surface area contributed by atoms with Crippen molar-refractivity contribution in [1.82, 2.24) is 10.3 Å². The molecule has 3 aromatic rings. The number of amides is 1. The Balaban J connectivity index is 1.78. The molecule has 0 saturated carbocycles. The highest BCUT2D eigenvalue weighted by Gasteiger charge is 2.11. The van der Waals surface area contributed by atoms with E-state index in [1.165, 1.54) is 0 Å². The third kappa shape index (κ3) is 3.26. The van der Waals surface area contributed by atoms with E-state index in [0.717, 1.165) is 21.3 Å². The second-order valence-electron chi connectivity index (χ2n) is 4.69. The van der Waals surface area contributed by atoms with Gasteiger partial charge in [-0.2, -0.15) is 11.3 Å². The lowest BCUT2D eigenvalue weighted by molar-refractivity contribution is 0.0950. The van der Waals surface area contributed by atoms with E-state index in [2.05, 4.69) is 31.6 Å². The molecule has 0 unspecified atom stereocenters. The molecule has 3 nitrogen and oxygen atoms in total. The lowest BCUT2D eigenvalue weighted by atomic mass is 10.1. The van der Waals surface area contributed by atoms with Crippen molar-refractivity contribution in [1.29, 1.82) is 0 Å². The number of carbonyl (C=O) groups is 1. The van der Waals surface area contributed by atoms with Gasteiger partial charge in [0.05, 0.1) is 11.3 Å². The van der Waals surface area contributed by atoms with Crippen molar-refractivity contribution in [3.63, 3.8) is 0 Å². The van der Waals surface area contributed by atoms with Gasteiger partial charge in [0.25, 0.3) is 5.91 Å². The fourth-order valence-electron chi connectivity index (χ4n) is 2.16. The quantitative estimate of drug-likeness (QED) is 0.732. The fraction of sp³-hybridized carbons (Fsp3) is 0.0588. The molecule has 2 heterocycles. The van der Waals surface area contributed by atoms with E-state index in [0.29, 0.717) is 12.1 Å². The molecule has 1 N–H and O–H groups in total. The van der Waals surface area contributed by atoms with Gasteiger partial charge in [-0.05, 0) is 51.1 Å². The molecule has 22 heavy (non-hydrogen) atoms. The Morgan fingerprint density at radius 3 is 2.82 bits per heavy atom. The van der Waals surface area contributed by atoms with Crippen LogP contribution in [-0.4, -0.2) is 10.9 Å². The molecule has 0 spiro atoms. The summed E-state index contributed by atoms with van der Waals surface area (Å²) in [6.45, 7) is 0.444. The number of aromatic nitrogens is 1. The minimum atomic E-state index is -0.104. The highest BCUT2D eigenvalue weighted by molar-refractivity contribution is 9.10. The second-order valence-corrected chi connectivity index (χ2v) is 6.32. The van der Waals surface area contributed by atoms with Crippen molar-refractivity contribution in [3.8, 4) is 11.3 Å². The van der Waals surface area contributed by atoms with Crippen molar-refractivity contribution in [2.24, 2.45) is 0 Å². The molecule has 0 radical (unpaired) electrons. The first-order valence-electron chi connectivity index (χ1n) is 6.75. The number of hydrogen-bond donors (Lipinski definition) is 1. The van der Waals surface area contributed by atoms with E-state index in [4.69, 9.17) is 0 Å². The summed E-state index contributed by atoms with van der Waals surface area (Å²) in [7, 11) is 0. The van der Waals surface area contributed by atoms with E-state index in [9.17, 15) is 4.79 Å². The first-order valence-corrected chi connectivity index (χ1v) is 8.48. The molecule has 1 aromatic carbocycles. The Labute approximate surface area is 141 Å². The van der Waals surface area contributed by atoms with Crippen LogP contribution >= 0.6 is 27.3 Å². The van der Waals surface area contributed by atoms with Crippen molar-refractivity contribution in [2.45, 2.75) is 6.54 Å². The van der Waals surface area contributed by atoms with E-state index >= 15 is 0 Å². The minimum absolute atomic E-state index is 0.104. The Morgan fingerprint density at radius 1 is 1.18 bits per heavy atom. The maximum atomic E-state index is 12.3. The summed E-state index contributed by atoms with van der Waals surface area (Å²) in [5.74, 6) is -0.104. The van der Waals surface area contributed by atoms with Crippen molar-refractivity contribution in [3.05, 3.63) is 75.0 Å². The van der Waals surface area contributed by atoms with Crippen molar-refractivity contribution >= 4 is 33.2 Å². The zero-order valence-electron chi connectivity index (χ0n) is 11.6. The van der Waals surface area contributed by atoms with E-state index in [1.54, 1.807) is 23.6 Å². The molecule has 0 aliphatic carbocycles. The normalized spacial score (nSPS) is 10.4. The number of thiophene rings is 1. The molecule has 0 bridgehead atoms. The fourth-order valence-corrected chi connectivity index (χ4v) is 3.26. The summed E-state index contributed by atoms with van der Waals surface area (Å²) in [5, 5.41) is 7.03. The summed E-state index contributed by atoms with van der Waals surface area (Å²) in [6.07, 6.45) is 1.77. The van der Waals surface area contributed by atoms with Crippen LogP contribution in [0.5, 0.6) is 0 Å². The monoisotopic (exact) mass is 372 g/mol. The smallest absolute Gasteiger partial charge is 0.252 e. The van der Waals surface area contributed by atoms with Crippen LogP contribution in [0.1, 0.15) is 15.9 Å². The summed E-state index contributed by atoms with van der Waals surface area (Å²) >= 11 is 5.03. The van der Waals surface area contributed by atoms with Gasteiger partial charge in [0.15, 0.2) is 0 Å². The van der Waals surface area contributed by atoms with Gasteiger partial charge in [-0.25, -0.2) is 0 Å². The molecule has 0 aliphatic rings. The Morgan fingerprint density at radius 2 is 2.05 bits per heavy atom. The number of nitrogens with one attached hydrogen (secondary N) is 1. The highest BCUT2D eigenvalue weighted by Crippen LogP contribution is 2.23. The van der Waals surface area contributed by atoms with Crippen LogP contribution < -0.4 is 5.32 Å². The number of rotatable bonds is 4. The number of hydrogen-bond acceptors (Lipinski definition) is 3. The van der Waals surface area contributed by atoms with Crippen molar-refractivity contribution < 1.29 is 4.79 Å². The van der Waals surface area contributed by atoms with Crippen LogP contribution in [0.15, 0.2) is 63.9 Å². The zero-order valence-corrected chi connectivity index (χ0v) is 14.0. The van der Waals surface area contributed by atoms with Gasteiger partial charge in [0.1, 0.15) is 0 Å². The third-order valence-electron chi connectivity index (χ3n) is 3.24. The van der Waals surface area contributed by atoms with Crippen LogP contribution in [0, 0.1) is 0 Å². The first-order chi connectivity index (χ1) is 10.8. The maximum absolute atomic E-state index is 12.3. The average Bonchev–Trinajstić information content (AvgIpc) is 3.07. The number of pyridine rings is 1. The Bertz CT molecular complexity index is 787. The predicted octanol–water partition coefficient (Wildman–Crippen LogP) is 4.50. The lowest BCUT2D eigenvalue weighted by Crippen LogP contribution is -2.23. The Hall–Kier alpha value is -1.98. The van der Waals surface area contributed by atoms with Gasteiger partial charge in [-0.1, -0.05) is 18.2 Å². The molecule has 0 aliphatic heterocycles. The van der Waals surface area contributed by atoms with Crippen molar-refractivity contribution in [2.75, 3.05) is 0 Å². The molecule has 2 aromatic heterocycles. The largest absolute Gasteiger partial charge is 0.348 e.